The van der Waals surface area contributed by atoms with Crippen molar-refractivity contribution in [3.8, 4) is 0 Å². The molecule has 10 heteroatoms. The van der Waals surface area contributed by atoms with E-state index >= 15 is 0 Å². The first-order chi connectivity index (χ1) is 17.7. The van der Waals surface area contributed by atoms with Gasteiger partial charge in [-0.15, -0.1) is 11.3 Å². The number of hydrogen-bond donors (Lipinski definition) is 2. The first-order valence-corrected chi connectivity index (χ1v) is 12.6. The summed E-state index contributed by atoms with van der Waals surface area (Å²) < 4.78 is 13.5. The van der Waals surface area contributed by atoms with Gasteiger partial charge in [-0.2, -0.15) is 0 Å². The number of thiophene rings is 1. The number of rotatable bonds is 8. The summed E-state index contributed by atoms with van der Waals surface area (Å²) in [7, 11) is 0. The lowest BCUT2D eigenvalue weighted by Crippen LogP contribution is -2.54. The second-order valence-corrected chi connectivity index (χ2v) is 9.82. The summed E-state index contributed by atoms with van der Waals surface area (Å²) >= 11 is 1.42. The van der Waals surface area contributed by atoms with Crippen LogP contribution in [0.2, 0.25) is 0 Å². The van der Waals surface area contributed by atoms with E-state index in [0.29, 0.717) is 11.1 Å². The zero-order chi connectivity index (χ0) is 26.5. The second kappa shape index (κ2) is 11.3. The highest BCUT2D eigenvalue weighted by Crippen LogP contribution is 2.24. The van der Waals surface area contributed by atoms with Gasteiger partial charge in [0.25, 0.3) is 11.8 Å². The maximum atomic E-state index is 13.6. The molecular formula is C27H26FN3O5S. The van der Waals surface area contributed by atoms with E-state index in [-0.39, 0.29) is 25.4 Å². The number of carboxylic acid groups (broad SMARTS) is 1. The molecular weight excluding hydrogens is 497 g/mol. The third-order valence-electron chi connectivity index (χ3n) is 6.16. The number of nitrogens with zero attached hydrogens (tertiary/aromatic N) is 2. The summed E-state index contributed by atoms with van der Waals surface area (Å²) in [5.74, 6) is -3.09. The van der Waals surface area contributed by atoms with Gasteiger partial charge >= 0.3 is 5.97 Å². The summed E-state index contributed by atoms with van der Waals surface area (Å²) in [5, 5.41) is 14.0. The molecule has 1 aromatic heterocycles. The molecule has 2 heterocycles. The van der Waals surface area contributed by atoms with Crippen LogP contribution in [0.5, 0.6) is 0 Å². The minimum atomic E-state index is -1.27. The Hall–Kier alpha value is -4.05. The molecule has 0 spiro atoms. The van der Waals surface area contributed by atoms with Crippen LogP contribution in [-0.4, -0.2) is 57.9 Å². The Morgan fingerprint density at radius 2 is 1.70 bits per heavy atom. The van der Waals surface area contributed by atoms with Crippen molar-refractivity contribution >= 4 is 35.0 Å². The molecule has 1 fully saturated rings. The van der Waals surface area contributed by atoms with Crippen molar-refractivity contribution in [3.05, 3.63) is 93.4 Å². The molecule has 0 saturated carbocycles. The zero-order valence-electron chi connectivity index (χ0n) is 20.1. The molecule has 0 bridgehead atoms. The van der Waals surface area contributed by atoms with Crippen LogP contribution in [0.15, 0.2) is 66.0 Å². The van der Waals surface area contributed by atoms with Crippen LogP contribution in [0.3, 0.4) is 0 Å². The van der Waals surface area contributed by atoms with Crippen molar-refractivity contribution in [1.29, 1.82) is 0 Å². The number of amides is 3. The largest absolute Gasteiger partial charge is 0.481 e. The molecule has 3 amide bonds. The van der Waals surface area contributed by atoms with Gasteiger partial charge in [0.2, 0.25) is 5.91 Å². The van der Waals surface area contributed by atoms with Gasteiger partial charge in [0.05, 0.1) is 18.9 Å². The minimum absolute atomic E-state index is 0.0739. The number of halogens is 1. The molecule has 1 aliphatic rings. The fourth-order valence-electron chi connectivity index (χ4n) is 4.28. The number of aryl methyl sites for hydroxylation is 1. The molecule has 2 aromatic carbocycles. The number of carboxylic acids is 1. The number of carbonyl (C=O) groups is 4. The minimum Gasteiger partial charge on any atom is -0.481 e. The first-order valence-electron chi connectivity index (χ1n) is 11.7. The SMILES string of the molecule is Cc1ccc(C(=O)N2CCN(C(=O)Cc3cccs3)C2C(=O)NC(CC(=O)O)c2ccc(F)cc2)cc1. The molecule has 0 radical (unpaired) electrons. The van der Waals surface area contributed by atoms with Crippen molar-refractivity contribution in [3.63, 3.8) is 0 Å². The maximum absolute atomic E-state index is 13.6. The molecule has 1 saturated heterocycles. The van der Waals surface area contributed by atoms with Gasteiger partial charge in [0.1, 0.15) is 5.82 Å². The number of hydrogen-bond acceptors (Lipinski definition) is 5. The van der Waals surface area contributed by atoms with Crippen molar-refractivity contribution in [2.24, 2.45) is 0 Å². The maximum Gasteiger partial charge on any atom is 0.305 e. The molecule has 4 rings (SSSR count). The highest BCUT2D eigenvalue weighted by Gasteiger charge is 2.43. The molecule has 8 nitrogen and oxygen atoms in total. The van der Waals surface area contributed by atoms with Crippen molar-refractivity contribution in [2.45, 2.75) is 32.0 Å². The summed E-state index contributed by atoms with van der Waals surface area (Å²) in [6.45, 7) is 2.19. The smallest absolute Gasteiger partial charge is 0.305 e. The topological polar surface area (TPSA) is 107 Å². The van der Waals surface area contributed by atoms with Crippen molar-refractivity contribution in [2.75, 3.05) is 13.1 Å². The number of carbonyl (C=O) groups excluding carboxylic acids is 3. The number of nitrogens with one attached hydrogen (secondary N) is 1. The van der Waals surface area contributed by atoms with E-state index in [1.54, 1.807) is 24.3 Å². The van der Waals surface area contributed by atoms with Gasteiger partial charge in [-0.25, -0.2) is 4.39 Å². The van der Waals surface area contributed by atoms with Crippen LogP contribution in [-0.2, 0) is 20.8 Å². The van der Waals surface area contributed by atoms with E-state index in [2.05, 4.69) is 5.32 Å². The van der Waals surface area contributed by atoms with Crippen LogP contribution in [0.1, 0.15) is 38.8 Å². The summed E-state index contributed by atoms with van der Waals surface area (Å²) in [6, 6.07) is 14.7. The summed E-state index contributed by atoms with van der Waals surface area (Å²) in [5.41, 5.74) is 1.73. The van der Waals surface area contributed by atoms with Gasteiger partial charge in [-0.05, 0) is 48.2 Å². The number of benzene rings is 2. The van der Waals surface area contributed by atoms with Gasteiger partial charge in [0, 0.05) is 23.5 Å². The quantitative estimate of drug-likeness (QED) is 0.471. The molecule has 3 aromatic rings. The standard InChI is InChI=1S/C27H26FN3O5S/c1-17-4-6-19(7-5-17)27(36)31-13-12-30(23(32)15-21-3-2-14-37-21)26(31)25(35)29-22(16-24(33)34)18-8-10-20(28)11-9-18/h2-11,14,22,26H,12-13,15-16H2,1H3,(H,29,35)(H,33,34). The Bertz CT molecular complexity index is 1280. The first kappa shape index (κ1) is 26.0. The highest BCUT2D eigenvalue weighted by atomic mass is 32.1. The highest BCUT2D eigenvalue weighted by molar-refractivity contribution is 7.10. The Kier molecular flexibility index (Phi) is 7.98. The van der Waals surface area contributed by atoms with E-state index in [9.17, 15) is 28.7 Å². The van der Waals surface area contributed by atoms with E-state index in [1.165, 1.54) is 45.4 Å². The predicted molar refractivity (Wildman–Crippen MR) is 135 cm³/mol. The van der Waals surface area contributed by atoms with Crippen LogP contribution >= 0.6 is 11.3 Å². The van der Waals surface area contributed by atoms with Gasteiger partial charge in [0.15, 0.2) is 6.17 Å². The third-order valence-corrected chi connectivity index (χ3v) is 7.04. The average molecular weight is 524 g/mol. The number of aliphatic carboxylic acids is 1. The fourth-order valence-corrected chi connectivity index (χ4v) is 4.97. The molecule has 2 unspecified atom stereocenters. The summed E-state index contributed by atoms with van der Waals surface area (Å²) in [6.07, 6.45) is -1.65. The van der Waals surface area contributed by atoms with Gasteiger partial charge in [-0.3, -0.25) is 19.2 Å². The predicted octanol–water partition coefficient (Wildman–Crippen LogP) is 3.38. The molecule has 0 aliphatic carbocycles. The van der Waals surface area contributed by atoms with E-state index < -0.39 is 42.2 Å². The Morgan fingerprint density at radius 1 is 1.03 bits per heavy atom. The van der Waals surface area contributed by atoms with E-state index in [1.807, 2.05) is 24.4 Å². The molecule has 2 atom stereocenters. The lowest BCUT2D eigenvalue weighted by atomic mass is 10.0. The molecule has 37 heavy (non-hydrogen) atoms. The third kappa shape index (κ3) is 6.21. The van der Waals surface area contributed by atoms with E-state index in [0.717, 1.165) is 10.4 Å². The van der Waals surface area contributed by atoms with Crippen LogP contribution in [0.25, 0.3) is 0 Å². The van der Waals surface area contributed by atoms with Gasteiger partial charge in [-0.1, -0.05) is 35.9 Å². The molecule has 2 N–H and O–H groups in total. The normalized spacial score (nSPS) is 15.9. The molecule has 192 valence electrons. The Morgan fingerprint density at radius 3 is 2.32 bits per heavy atom. The average Bonchev–Trinajstić information content (AvgIpc) is 3.54. The van der Waals surface area contributed by atoms with Gasteiger partial charge < -0.3 is 20.2 Å². The second-order valence-electron chi connectivity index (χ2n) is 8.79. The van der Waals surface area contributed by atoms with Crippen LogP contribution in [0.4, 0.5) is 4.39 Å². The van der Waals surface area contributed by atoms with E-state index in [4.69, 9.17) is 0 Å². The van der Waals surface area contributed by atoms with Crippen LogP contribution < -0.4 is 5.32 Å². The zero-order valence-corrected chi connectivity index (χ0v) is 20.9. The lowest BCUT2D eigenvalue weighted by molar-refractivity contribution is -0.142. The molecule has 1 aliphatic heterocycles. The van der Waals surface area contributed by atoms with Crippen molar-refractivity contribution in [1.82, 2.24) is 15.1 Å². The van der Waals surface area contributed by atoms with Crippen molar-refractivity contribution < 1.29 is 28.7 Å². The lowest BCUT2D eigenvalue weighted by Gasteiger charge is -2.31. The van der Waals surface area contributed by atoms with Crippen LogP contribution in [0, 0.1) is 12.7 Å². The Balaban J connectivity index is 1.63. The summed E-state index contributed by atoms with van der Waals surface area (Å²) in [4.78, 5) is 55.3. The monoisotopic (exact) mass is 523 g/mol. The Labute approximate surface area is 217 Å². The fraction of sp³-hybridized carbons (Fsp3) is 0.259.